The quantitative estimate of drug-likeness (QED) is 0.442. The van der Waals surface area contributed by atoms with Gasteiger partial charge >= 0.3 is 17.9 Å². The van der Waals surface area contributed by atoms with Crippen LogP contribution in [0.15, 0.2) is 47.0 Å². The number of rotatable bonds is 5. The summed E-state index contributed by atoms with van der Waals surface area (Å²) < 4.78 is 15.8. The van der Waals surface area contributed by atoms with Gasteiger partial charge in [-0.1, -0.05) is 24.1 Å². The molecule has 1 atom stereocenters. The molecule has 1 aromatic carbocycles. The standard InChI is InChI=1S/C22H22N2O6/c1-5-12-24-15-11-9-8-10-14(15)22(17(18(24)23)20(26)29-7-3)16(19(25)28-6-2)13(4)30-21(22)27/h1,8-11H,6-7,12,23H2,2-4H3/t22-/m1/s1. The van der Waals surface area contributed by atoms with Crippen molar-refractivity contribution < 1.29 is 28.6 Å². The van der Waals surface area contributed by atoms with E-state index in [1.165, 1.54) is 11.8 Å². The van der Waals surface area contributed by atoms with Gasteiger partial charge in [0.1, 0.15) is 22.7 Å². The number of carbonyl (C=O) groups is 3. The molecule has 0 saturated heterocycles. The van der Waals surface area contributed by atoms with Gasteiger partial charge in [-0.05, 0) is 26.8 Å². The summed E-state index contributed by atoms with van der Waals surface area (Å²) in [4.78, 5) is 40.9. The highest BCUT2D eigenvalue weighted by atomic mass is 16.6. The van der Waals surface area contributed by atoms with Crippen molar-refractivity contribution in [3.05, 3.63) is 52.6 Å². The molecule has 8 heteroatoms. The van der Waals surface area contributed by atoms with Crippen molar-refractivity contribution in [2.75, 3.05) is 24.7 Å². The molecule has 0 aliphatic carbocycles. The summed E-state index contributed by atoms with van der Waals surface area (Å²) in [5.41, 5.74) is 4.95. The van der Waals surface area contributed by atoms with Gasteiger partial charge in [-0.25, -0.2) is 14.4 Å². The van der Waals surface area contributed by atoms with Gasteiger partial charge in [0.05, 0.1) is 19.8 Å². The Balaban J connectivity index is 2.45. The largest absolute Gasteiger partial charge is 0.462 e. The summed E-state index contributed by atoms with van der Waals surface area (Å²) in [5, 5.41) is 0. The predicted molar refractivity (Wildman–Crippen MR) is 108 cm³/mol. The van der Waals surface area contributed by atoms with Crippen LogP contribution in [0.4, 0.5) is 5.69 Å². The first kappa shape index (κ1) is 21.0. The fourth-order valence-electron chi connectivity index (χ4n) is 3.94. The van der Waals surface area contributed by atoms with Gasteiger partial charge in [-0.15, -0.1) is 6.42 Å². The molecule has 0 aromatic heterocycles. The number of benzene rings is 1. The topological polar surface area (TPSA) is 108 Å². The van der Waals surface area contributed by atoms with Gasteiger partial charge in [-0.2, -0.15) is 0 Å². The molecule has 30 heavy (non-hydrogen) atoms. The molecule has 0 bridgehead atoms. The number of cyclic esters (lactones) is 1. The summed E-state index contributed by atoms with van der Waals surface area (Å²) in [6.07, 6.45) is 5.51. The maximum Gasteiger partial charge on any atom is 0.339 e. The number of esters is 3. The number of hydrogen-bond acceptors (Lipinski definition) is 8. The summed E-state index contributed by atoms with van der Waals surface area (Å²) in [6, 6.07) is 6.75. The maximum absolute atomic E-state index is 13.3. The van der Waals surface area contributed by atoms with Crippen LogP contribution in [0.3, 0.4) is 0 Å². The Morgan fingerprint density at radius 2 is 1.77 bits per heavy atom. The lowest BCUT2D eigenvalue weighted by Gasteiger charge is -2.40. The van der Waals surface area contributed by atoms with Crippen molar-refractivity contribution in [2.45, 2.75) is 26.2 Å². The van der Waals surface area contributed by atoms with Crippen LogP contribution >= 0.6 is 0 Å². The third-order valence-corrected chi connectivity index (χ3v) is 5.01. The molecular weight excluding hydrogens is 388 g/mol. The van der Waals surface area contributed by atoms with Crippen LogP contribution in [0.1, 0.15) is 26.3 Å². The number of nitrogens with zero attached hydrogens (tertiary/aromatic N) is 1. The van der Waals surface area contributed by atoms with E-state index < -0.39 is 23.3 Å². The summed E-state index contributed by atoms with van der Waals surface area (Å²) in [5.74, 6) is -0.0166. The van der Waals surface area contributed by atoms with Crippen LogP contribution in [0.5, 0.6) is 0 Å². The van der Waals surface area contributed by atoms with Crippen LogP contribution in [-0.4, -0.2) is 37.7 Å². The van der Waals surface area contributed by atoms with Crippen molar-refractivity contribution >= 4 is 23.6 Å². The van der Waals surface area contributed by atoms with Gasteiger partial charge in [0.2, 0.25) is 0 Å². The van der Waals surface area contributed by atoms with Crippen LogP contribution < -0.4 is 10.6 Å². The first-order chi connectivity index (χ1) is 14.4. The molecule has 0 saturated carbocycles. The van der Waals surface area contributed by atoms with Gasteiger partial charge in [0.25, 0.3) is 0 Å². The minimum absolute atomic E-state index is 0.0354. The number of nitrogens with two attached hydrogens (primary N) is 1. The smallest absolute Gasteiger partial charge is 0.339 e. The number of para-hydroxylation sites is 1. The van der Waals surface area contributed by atoms with E-state index >= 15 is 0 Å². The molecule has 2 aliphatic rings. The van der Waals surface area contributed by atoms with Crippen LogP contribution in [0.25, 0.3) is 0 Å². The monoisotopic (exact) mass is 410 g/mol. The molecule has 1 aromatic rings. The number of carbonyl (C=O) groups excluding carboxylic acids is 3. The highest BCUT2D eigenvalue weighted by Crippen LogP contribution is 2.53. The van der Waals surface area contributed by atoms with Crippen LogP contribution in [-0.2, 0) is 34.0 Å². The number of hydrogen-bond donors (Lipinski definition) is 1. The van der Waals surface area contributed by atoms with Gasteiger partial charge in [0.15, 0.2) is 5.41 Å². The zero-order chi connectivity index (χ0) is 22.1. The Bertz CT molecular complexity index is 1030. The molecule has 1 spiro atoms. The van der Waals surface area contributed by atoms with E-state index in [4.69, 9.17) is 26.4 Å². The summed E-state index contributed by atoms with van der Waals surface area (Å²) in [7, 11) is 0. The van der Waals surface area contributed by atoms with Crippen LogP contribution in [0.2, 0.25) is 0 Å². The molecule has 0 radical (unpaired) electrons. The molecule has 2 heterocycles. The third-order valence-electron chi connectivity index (χ3n) is 5.01. The fraction of sp³-hybridized carbons (Fsp3) is 0.318. The minimum atomic E-state index is -1.92. The number of anilines is 1. The van der Waals surface area contributed by atoms with E-state index in [0.717, 1.165) is 0 Å². The molecule has 8 nitrogen and oxygen atoms in total. The Labute approximate surface area is 174 Å². The molecule has 0 amide bonds. The average Bonchev–Trinajstić information content (AvgIpc) is 2.96. The lowest BCUT2D eigenvalue weighted by atomic mass is 9.66. The molecule has 0 unspecified atom stereocenters. The normalized spacial score (nSPS) is 20.1. The first-order valence-corrected chi connectivity index (χ1v) is 9.44. The molecular formula is C22H22N2O6. The lowest BCUT2D eigenvalue weighted by molar-refractivity contribution is -0.147. The van der Waals surface area contributed by atoms with Crippen LogP contribution in [0, 0.1) is 12.3 Å². The molecule has 2 aliphatic heterocycles. The number of fused-ring (bicyclic) bond motifs is 2. The van der Waals surface area contributed by atoms with Crippen molar-refractivity contribution in [3.8, 4) is 12.3 Å². The highest BCUT2D eigenvalue weighted by Gasteiger charge is 2.63. The number of ether oxygens (including phenoxy) is 3. The highest BCUT2D eigenvalue weighted by molar-refractivity contribution is 6.16. The second-order valence-corrected chi connectivity index (χ2v) is 6.58. The maximum atomic E-state index is 13.3. The predicted octanol–water partition coefficient (Wildman–Crippen LogP) is 1.50. The summed E-state index contributed by atoms with van der Waals surface area (Å²) in [6.45, 7) is 4.87. The van der Waals surface area contributed by atoms with Gasteiger partial charge in [0, 0.05) is 11.3 Å². The van der Waals surface area contributed by atoms with E-state index in [-0.39, 0.29) is 42.5 Å². The minimum Gasteiger partial charge on any atom is -0.462 e. The van der Waals surface area contributed by atoms with Crippen molar-refractivity contribution in [1.29, 1.82) is 0 Å². The zero-order valence-electron chi connectivity index (χ0n) is 17.0. The van der Waals surface area contributed by atoms with Gasteiger partial charge in [-0.3, -0.25) is 0 Å². The van der Waals surface area contributed by atoms with Crippen molar-refractivity contribution in [3.63, 3.8) is 0 Å². The number of allylic oxidation sites excluding steroid dienone is 1. The molecule has 0 fully saturated rings. The van der Waals surface area contributed by atoms with Gasteiger partial charge < -0.3 is 24.8 Å². The fourth-order valence-corrected chi connectivity index (χ4v) is 3.94. The van der Waals surface area contributed by atoms with E-state index in [2.05, 4.69) is 5.92 Å². The second kappa shape index (κ2) is 7.95. The molecule has 2 N–H and O–H groups in total. The number of terminal acetylenes is 1. The van der Waals surface area contributed by atoms with E-state index in [0.29, 0.717) is 11.3 Å². The SMILES string of the molecule is C#CCN1C(N)=C(C(=O)OCC)[C@@]2(C(=O)OC(C)=C2C(=O)OCC)c2ccccc21. The molecule has 156 valence electrons. The Morgan fingerprint density at radius 1 is 1.17 bits per heavy atom. The Kier molecular flexibility index (Phi) is 5.56. The Hall–Kier alpha value is -3.73. The third kappa shape index (κ3) is 2.82. The van der Waals surface area contributed by atoms with E-state index in [1.807, 2.05) is 0 Å². The van der Waals surface area contributed by atoms with Crippen molar-refractivity contribution in [2.24, 2.45) is 5.73 Å². The molecule has 3 rings (SSSR count). The van der Waals surface area contributed by atoms with E-state index in [1.54, 1.807) is 38.1 Å². The lowest BCUT2D eigenvalue weighted by Crippen LogP contribution is -2.50. The Morgan fingerprint density at radius 3 is 2.37 bits per heavy atom. The second-order valence-electron chi connectivity index (χ2n) is 6.58. The van der Waals surface area contributed by atoms with E-state index in [9.17, 15) is 14.4 Å². The van der Waals surface area contributed by atoms with Crippen molar-refractivity contribution in [1.82, 2.24) is 0 Å². The zero-order valence-corrected chi connectivity index (χ0v) is 17.0. The summed E-state index contributed by atoms with van der Waals surface area (Å²) >= 11 is 0. The average molecular weight is 410 g/mol. The first-order valence-electron chi connectivity index (χ1n) is 9.44.